The van der Waals surface area contributed by atoms with Crippen molar-refractivity contribution in [1.29, 1.82) is 0 Å². The monoisotopic (exact) mass is 266 g/mol. The minimum atomic E-state index is 0.890. The summed E-state index contributed by atoms with van der Waals surface area (Å²) in [7, 11) is 2.17. The van der Waals surface area contributed by atoms with Gasteiger partial charge in [-0.15, -0.1) is 0 Å². The zero-order chi connectivity index (χ0) is 14.1. The molecule has 1 heterocycles. The molecule has 0 aromatic heterocycles. The lowest BCUT2D eigenvalue weighted by Crippen LogP contribution is -2.12. The van der Waals surface area contributed by atoms with Gasteiger partial charge in [-0.2, -0.15) is 0 Å². The summed E-state index contributed by atoms with van der Waals surface area (Å²) in [5.74, 6) is 0. The van der Waals surface area contributed by atoms with E-state index < -0.39 is 0 Å². The Balaban J connectivity index is 1.74. The predicted molar refractivity (Wildman–Crippen MR) is 86.7 cm³/mol. The summed E-state index contributed by atoms with van der Waals surface area (Å²) in [6.07, 6.45) is 1.17. The summed E-state index contributed by atoms with van der Waals surface area (Å²) in [6.45, 7) is 6.37. The fourth-order valence-electron chi connectivity index (χ4n) is 2.87. The number of anilines is 2. The first-order valence-electron chi connectivity index (χ1n) is 7.28. The number of hydrogen-bond acceptors (Lipinski definition) is 2. The molecule has 0 aliphatic carbocycles. The van der Waals surface area contributed by atoms with Crippen LogP contribution >= 0.6 is 0 Å². The number of nitrogens with zero attached hydrogens (tertiary/aromatic N) is 1. The Labute approximate surface area is 121 Å². The molecule has 3 rings (SSSR count). The van der Waals surface area contributed by atoms with Crippen molar-refractivity contribution < 1.29 is 0 Å². The topological polar surface area (TPSA) is 15.3 Å². The molecule has 2 nitrogen and oxygen atoms in total. The standard InChI is InChI=1S/C18H22N2/c1-13-5-4-6-17(14(13)2)19-12-15-7-8-18-16(11-15)9-10-20(18)3/h4-8,11,19H,9-10,12H2,1-3H3. The first-order chi connectivity index (χ1) is 9.65. The van der Waals surface area contributed by atoms with E-state index in [2.05, 4.69) is 67.5 Å². The summed E-state index contributed by atoms with van der Waals surface area (Å²) < 4.78 is 0. The molecule has 0 spiro atoms. The lowest BCUT2D eigenvalue weighted by molar-refractivity contribution is 0.955. The van der Waals surface area contributed by atoms with Gasteiger partial charge in [0.1, 0.15) is 0 Å². The molecule has 0 radical (unpaired) electrons. The molecule has 2 aromatic carbocycles. The van der Waals surface area contributed by atoms with Gasteiger partial charge in [0.15, 0.2) is 0 Å². The summed E-state index contributed by atoms with van der Waals surface area (Å²) in [4.78, 5) is 2.33. The molecule has 1 aliphatic heterocycles. The summed E-state index contributed by atoms with van der Waals surface area (Å²) in [5.41, 5.74) is 8.15. The second kappa shape index (κ2) is 5.20. The maximum absolute atomic E-state index is 3.56. The smallest absolute Gasteiger partial charge is 0.0401 e. The molecule has 0 saturated heterocycles. The number of likely N-dealkylation sites (N-methyl/N-ethyl adjacent to an activating group) is 1. The number of nitrogens with one attached hydrogen (secondary N) is 1. The van der Waals surface area contributed by atoms with Crippen LogP contribution in [0.15, 0.2) is 36.4 Å². The van der Waals surface area contributed by atoms with Crippen LogP contribution in [-0.2, 0) is 13.0 Å². The summed E-state index contributed by atoms with van der Waals surface area (Å²) in [5, 5.41) is 3.56. The molecule has 0 fully saturated rings. The molecule has 2 heteroatoms. The third-order valence-corrected chi connectivity index (χ3v) is 4.36. The van der Waals surface area contributed by atoms with Crippen LogP contribution in [0.5, 0.6) is 0 Å². The van der Waals surface area contributed by atoms with Crippen LogP contribution in [-0.4, -0.2) is 13.6 Å². The highest BCUT2D eigenvalue weighted by molar-refractivity contribution is 5.59. The van der Waals surface area contributed by atoms with Gasteiger partial charge in [0, 0.05) is 31.5 Å². The minimum absolute atomic E-state index is 0.890. The van der Waals surface area contributed by atoms with Crippen LogP contribution < -0.4 is 10.2 Å². The number of benzene rings is 2. The lowest BCUT2D eigenvalue weighted by Gasteiger charge is -2.14. The molecule has 0 unspecified atom stereocenters. The second-order valence-corrected chi connectivity index (χ2v) is 5.74. The van der Waals surface area contributed by atoms with E-state index in [1.807, 2.05) is 0 Å². The highest BCUT2D eigenvalue weighted by atomic mass is 15.1. The maximum Gasteiger partial charge on any atom is 0.0401 e. The SMILES string of the molecule is Cc1cccc(NCc2ccc3c(c2)CCN3C)c1C. The molecule has 0 bridgehead atoms. The van der Waals surface area contributed by atoms with Crippen molar-refractivity contribution in [2.75, 3.05) is 23.8 Å². The lowest BCUT2D eigenvalue weighted by atomic mass is 10.1. The normalized spacial score (nSPS) is 13.4. The van der Waals surface area contributed by atoms with E-state index in [-0.39, 0.29) is 0 Å². The highest BCUT2D eigenvalue weighted by Gasteiger charge is 2.15. The second-order valence-electron chi connectivity index (χ2n) is 5.74. The molecule has 1 N–H and O–H groups in total. The van der Waals surface area contributed by atoms with E-state index in [1.165, 1.54) is 40.0 Å². The van der Waals surface area contributed by atoms with Crippen LogP contribution in [0.1, 0.15) is 22.3 Å². The van der Waals surface area contributed by atoms with Crippen LogP contribution in [0, 0.1) is 13.8 Å². The Hall–Kier alpha value is -1.96. The van der Waals surface area contributed by atoms with Crippen molar-refractivity contribution in [2.45, 2.75) is 26.8 Å². The molecular formula is C18H22N2. The Morgan fingerprint density at radius 1 is 1.15 bits per heavy atom. The van der Waals surface area contributed by atoms with Crippen LogP contribution in [0.25, 0.3) is 0 Å². The van der Waals surface area contributed by atoms with E-state index in [0.29, 0.717) is 0 Å². The molecule has 1 aliphatic rings. The molecule has 0 saturated carbocycles. The van der Waals surface area contributed by atoms with Crippen molar-refractivity contribution in [3.05, 3.63) is 58.7 Å². The van der Waals surface area contributed by atoms with E-state index in [4.69, 9.17) is 0 Å². The van der Waals surface area contributed by atoms with Crippen LogP contribution in [0.4, 0.5) is 11.4 Å². The number of fused-ring (bicyclic) bond motifs is 1. The molecule has 104 valence electrons. The Bertz CT molecular complexity index is 631. The summed E-state index contributed by atoms with van der Waals surface area (Å²) in [6, 6.07) is 13.3. The van der Waals surface area contributed by atoms with Gasteiger partial charge >= 0.3 is 0 Å². The van der Waals surface area contributed by atoms with Crippen molar-refractivity contribution in [2.24, 2.45) is 0 Å². The largest absolute Gasteiger partial charge is 0.381 e. The van der Waals surface area contributed by atoms with Crippen molar-refractivity contribution >= 4 is 11.4 Å². The van der Waals surface area contributed by atoms with E-state index in [0.717, 1.165) is 13.1 Å². The van der Waals surface area contributed by atoms with E-state index >= 15 is 0 Å². The van der Waals surface area contributed by atoms with Gasteiger partial charge in [-0.05, 0) is 54.7 Å². The van der Waals surface area contributed by atoms with E-state index in [1.54, 1.807) is 0 Å². The van der Waals surface area contributed by atoms with Gasteiger partial charge in [-0.1, -0.05) is 24.3 Å². The maximum atomic E-state index is 3.56. The average molecular weight is 266 g/mol. The first-order valence-corrected chi connectivity index (χ1v) is 7.28. The molecular weight excluding hydrogens is 244 g/mol. The van der Waals surface area contributed by atoms with Gasteiger partial charge in [-0.25, -0.2) is 0 Å². The van der Waals surface area contributed by atoms with Crippen LogP contribution in [0.3, 0.4) is 0 Å². The Morgan fingerprint density at radius 2 is 2.00 bits per heavy atom. The van der Waals surface area contributed by atoms with Crippen molar-refractivity contribution in [3.8, 4) is 0 Å². The molecule has 2 aromatic rings. The first kappa shape index (κ1) is 13.0. The third kappa shape index (κ3) is 2.38. The minimum Gasteiger partial charge on any atom is -0.381 e. The van der Waals surface area contributed by atoms with Gasteiger partial charge < -0.3 is 10.2 Å². The highest BCUT2D eigenvalue weighted by Crippen LogP contribution is 2.28. The number of aryl methyl sites for hydroxylation is 1. The molecule has 0 amide bonds. The van der Waals surface area contributed by atoms with Crippen LogP contribution in [0.2, 0.25) is 0 Å². The molecule has 0 atom stereocenters. The van der Waals surface area contributed by atoms with Gasteiger partial charge in [0.05, 0.1) is 0 Å². The molecule has 20 heavy (non-hydrogen) atoms. The predicted octanol–water partition coefficient (Wildman–Crippen LogP) is 3.91. The number of rotatable bonds is 3. The van der Waals surface area contributed by atoms with Gasteiger partial charge in [-0.3, -0.25) is 0 Å². The van der Waals surface area contributed by atoms with Gasteiger partial charge in [0.25, 0.3) is 0 Å². The zero-order valence-electron chi connectivity index (χ0n) is 12.5. The average Bonchev–Trinajstić information content (AvgIpc) is 2.82. The summed E-state index contributed by atoms with van der Waals surface area (Å²) >= 11 is 0. The fraction of sp³-hybridized carbons (Fsp3) is 0.333. The quantitative estimate of drug-likeness (QED) is 0.906. The zero-order valence-corrected chi connectivity index (χ0v) is 12.5. The third-order valence-electron chi connectivity index (χ3n) is 4.36. The Kier molecular flexibility index (Phi) is 3.39. The van der Waals surface area contributed by atoms with Crippen molar-refractivity contribution in [1.82, 2.24) is 0 Å². The van der Waals surface area contributed by atoms with Gasteiger partial charge in [0.2, 0.25) is 0 Å². The number of hydrogen-bond donors (Lipinski definition) is 1. The van der Waals surface area contributed by atoms with E-state index in [9.17, 15) is 0 Å². The van der Waals surface area contributed by atoms with Crippen molar-refractivity contribution in [3.63, 3.8) is 0 Å². The Morgan fingerprint density at radius 3 is 2.85 bits per heavy atom. The fourth-order valence-corrected chi connectivity index (χ4v) is 2.87.